The average Bonchev–Trinajstić information content (AvgIpc) is 2.82. The minimum Gasteiger partial charge on any atom is -0.463 e. The summed E-state index contributed by atoms with van der Waals surface area (Å²) in [6.45, 7) is 3.20. The number of nitrogens with two attached hydrogens (primary N) is 1. The van der Waals surface area contributed by atoms with Gasteiger partial charge in [-0.25, -0.2) is 9.78 Å². The SMILES string of the molecule is CC(=O)OC[C@@H]1O[C@@H](n2cnc(N)nc2=O)[C@@H](OC(C)=O)[C@H]1OC(C)=O. The first-order chi connectivity index (χ1) is 12.2. The van der Waals surface area contributed by atoms with Gasteiger partial charge in [-0.2, -0.15) is 4.98 Å². The number of hydrogen-bond donors (Lipinski definition) is 1. The van der Waals surface area contributed by atoms with Gasteiger partial charge in [0.05, 0.1) is 0 Å². The van der Waals surface area contributed by atoms with Crippen LogP contribution in [0, 0.1) is 0 Å². The van der Waals surface area contributed by atoms with Crippen LogP contribution in [0.4, 0.5) is 5.95 Å². The van der Waals surface area contributed by atoms with Gasteiger partial charge in [-0.3, -0.25) is 19.0 Å². The summed E-state index contributed by atoms with van der Waals surface area (Å²) in [7, 11) is 0. The van der Waals surface area contributed by atoms with E-state index in [4.69, 9.17) is 24.7 Å². The number of anilines is 1. The van der Waals surface area contributed by atoms with Crippen LogP contribution < -0.4 is 11.4 Å². The molecule has 1 saturated heterocycles. The van der Waals surface area contributed by atoms with Gasteiger partial charge >= 0.3 is 23.6 Å². The standard InChI is InChI=1S/C14H18N4O8/c1-6(19)23-4-9-10(24-7(2)20)11(25-8(3)21)12(26-9)18-5-16-13(15)17-14(18)22/h5,9-12H,4H2,1-3H3,(H2,15,17,22)/t9-,10-,11-,12+/m0/s1. The Labute approximate surface area is 147 Å². The van der Waals surface area contributed by atoms with Crippen LogP contribution in [0.3, 0.4) is 0 Å². The van der Waals surface area contributed by atoms with Gasteiger partial charge in [0.2, 0.25) is 5.95 Å². The third-order valence-electron chi connectivity index (χ3n) is 3.36. The normalized spacial score (nSPS) is 24.7. The highest BCUT2D eigenvalue weighted by molar-refractivity contribution is 5.67. The molecule has 0 aromatic carbocycles. The Morgan fingerprint density at radius 1 is 1.15 bits per heavy atom. The quantitative estimate of drug-likeness (QED) is 0.476. The number of nitrogens with zero attached hydrogens (tertiary/aromatic N) is 3. The number of nitrogen functional groups attached to an aromatic ring is 1. The van der Waals surface area contributed by atoms with E-state index in [1.807, 2.05) is 0 Å². The van der Waals surface area contributed by atoms with Crippen LogP contribution in [0.15, 0.2) is 11.1 Å². The molecule has 2 rings (SSSR count). The maximum absolute atomic E-state index is 12.1. The van der Waals surface area contributed by atoms with Crippen molar-refractivity contribution in [1.82, 2.24) is 14.5 Å². The Morgan fingerprint density at radius 2 is 1.77 bits per heavy atom. The van der Waals surface area contributed by atoms with Gasteiger partial charge in [0.1, 0.15) is 19.0 Å². The fraction of sp³-hybridized carbons (Fsp3) is 0.571. The lowest BCUT2D eigenvalue weighted by molar-refractivity contribution is -0.166. The van der Waals surface area contributed by atoms with Crippen LogP contribution >= 0.6 is 0 Å². The van der Waals surface area contributed by atoms with Crippen molar-refractivity contribution in [2.45, 2.75) is 45.3 Å². The van der Waals surface area contributed by atoms with E-state index in [2.05, 4.69) is 9.97 Å². The molecule has 2 heterocycles. The van der Waals surface area contributed by atoms with E-state index >= 15 is 0 Å². The van der Waals surface area contributed by atoms with Crippen molar-refractivity contribution in [3.05, 3.63) is 16.8 Å². The number of carbonyl (C=O) groups is 3. The van der Waals surface area contributed by atoms with Crippen molar-refractivity contribution in [3.8, 4) is 0 Å². The molecule has 0 aliphatic carbocycles. The summed E-state index contributed by atoms with van der Waals surface area (Å²) >= 11 is 0. The number of hydrogen-bond acceptors (Lipinski definition) is 11. The zero-order valence-corrected chi connectivity index (χ0v) is 14.3. The van der Waals surface area contributed by atoms with Crippen LogP contribution in [0.5, 0.6) is 0 Å². The predicted molar refractivity (Wildman–Crippen MR) is 82.4 cm³/mol. The first-order valence-electron chi connectivity index (χ1n) is 7.53. The molecule has 0 amide bonds. The molecule has 12 heteroatoms. The largest absolute Gasteiger partial charge is 0.463 e. The monoisotopic (exact) mass is 370 g/mol. The smallest absolute Gasteiger partial charge is 0.354 e. The molecule has 0 radical (unpaired) electrons. The number of ether oxygens (including phenoxy) is 4. The van der Waals surface area contributed by atoms with Crippen molar-refractivity contribution in [1.29, 1.82) is 0 Å². The molecular formula is C14H18N4O8. The summed E-state index contributed by atoms with van der Waals surface area (Å²) in [5.74, 6) is -2.21. The lowest BCUT2D eigenvalue weighted by atomic mass is 10.1. The summed E-state index contributed by atoms with van der Waals surface area (Å²) in [6, 6.07) is 0. The Balaban J connectivity index is 2.40. The highest BCUT2D eigenvalue weighted by atomic mass is 16.7. The summed E-state index contributed by atoms with van der Waals surface area (Å²) in [6.07, 6.45) is -3.45. The predicted octanol–water partition coefficient (Wildman–Crippen LogP) is -1.46. The van der Waals surface area contributed by atoms with E-state index in [9.17, 15) is 19.2 Å². The van der Waals surface area contributed by atoms with Crippen molar-refractivity contribution >= 4 is 23.9 Å². The number of carbonyl (C=O) groups excluding carboxylic acids is 3. The Bertz CT molecular complexity index is 764. The highest BCUT2D eigenvalue weighted by Gasteiger charge is 2.51. The second-order valence-electron chi connectivity index (χ2n) is 5.42. The van der Waals surface area contributed by atoms with Crippen molar-refractivity contribution in [2.75, 3.05) is 12.3 Å². The molecule has 4 atom stereocenters. The Morgan fingerprint density at radius 3 is 2.31 bits per heavy atom. The van der Waals surface area contributed by atoms with Crippen LogP contribution in [0.2, 0.25) is 0 Å². The Hall–Kier alpha value is -3.02. The lowest BCUT2D eigenvalue weighted by Crippen LogP contribution is -2.42. The molecule has 1 aliphatic rings. The molecular weight excluding hydrogens is 352 g/mol. The maximum atomic E-state index is 12.1. The van der Waals surface area contributed by atoms with Crippen LogP contribution in [-0.4, -0.2) is 57.4 Å². The summed E-state index contributed by atoms with van der Waals surface area (Å²) in [5.41, 5.74) is 4.54. The zero-order chi connectivity index (χ0) is 19.4. The van der Waals surface area contributed by atoms with Gasteiger partial charge in [0, 0.05) is 20.8 Å². The van der Waals surface area contributed by atoms with Crippen molar-refractivity contribution < 1.29 is 33.3 Å². The van der Waals surface area contributed by atoms with Crippen molar-refractivity contribution in [3.63, 3.8) is 0 Å². The lowest BCUT2D eigenvalue weighted by Gasteiger charge is -2.23. The van der Waals surface area contributed by atoms with E-state index in [0.29, 0.717) is 0 Å². The van der Waals surface area contributed by atoms with Crippen LogP contribution in [-0.2, 0) is 33.3 Å². The van der Waals surface area contributed by atoms with Gasteiger partial charge < -0.3 is 24.7 Å². The van der Waals surface area contributed by atoms with E-state index in [-0.39, 0.29) is 12.6 Å². The molecule has 0 unspecified atom stereocenters. The number of aromatic nitrogens is 3. The summed E-state index contributed by atoms with van der Waals surface area (Å²) in [4.78, 5) is 53.2. The van der Waals surface area contributed by atoms with E-state index in [0.717, 1.165) is 24.7 Å². The molecule has 12 nitrogen and oxygen atoms in total. The molecule has 142 valence electrons. The third-order valence-corrected chi connectivity index (χ3v) is 3.36. The minimum atomic E-state index is -1.21. The number of rotatable bonds is 5. The molecule has 2 N–H and O–H groups in total. The number of esters is 3. The van der Waals surface area contributed by atoms with E-state index < -0.39 is 48.1 Å². The summed E-state index contributed by atoms with van der Waals surface area (Å²) < 4.78 is 21.8. The van der Waals surface area contributed by atoms with Crippen LogP contribution in [0.1, 0.15) is 27.0 Å². The van der Waals surface area contributed by atoms with Gasteiger partial charge in [0.15, 0.2) is 18.4 Å². The van der Waals surface area contributed by atoms with E-state index in [1.165, 1.54) is 6.92 Å². The van der Waals surface area contributed by atoms with Gasteiger partial charge in [-0.1, -0.05) is 0 Å². The third kappa shape index (κ3) is 4.53. The molecule has 1 aliphatic heterocycles. The van der Waals surface area contributed by atoms with Crippen molar-refractivity contribution in [2.24, 2.45) is 0 Å². The highest BCUT2D eigenvalue weighted by Crippen LogP contribution is 2.33. The Kier molecular flexibility index (Phi) is 5.87. The molecule has 1 fully saturated rings. The first kappa shape index (κ1) is 19.3. The fourth-order valence-electron chi connectivity index (χ4n) is 2.45. The van der Waals surface area contributed by atoms with Gasteiger partial charge in [-0.05, 0) is 0 Å². The van der Waals surface area contributed by atoms with Gasteiger partial charge in [0.25, 0.3) is 0 Å². The molecule has 0 bridgehead atoms. The molecule has 26 heavy (non-hydrogen) atoms. The zero-order valence-electron chi connectivity index (χ0n) is 14.3. The van der Waals surface area contributed by atoms with Gasteiger partial charge in [-0.15, -0.1) is 0 Å². The van der Waals surface area contributed by atoms with E-state index in [1.54, 1.807) is 0 Å². The average molecular weight is 370 g/mol. The second kappa shape index (κ2) is 7.91. The molecule has 1 aromatic rings. The molecule has 0 saturated carbocycles. The first-order valence-corrected chi connectivity index (χ1v) is 7.53. The molecule has 0 spiro atoms. The maximum Gasteiger partial charge on any atom is 0.354 e. The fourth-order valence-corrected chi connectivity index (χ4v) is 2.45. The second-order valence-corrected chi connectivity index (χ2v) is 5.42. The minimum absolute atomic E-state index is 0.249. The molecule has 1 aromatic heterocycles. The van der Waals surface area contributed by atoms with Crippen LogP contribution in [0.25, 0.3) is 0 Å². The summed E-state index contributed by atoms with van der Waals surface area (Å²) in [5, 5.41) is 0. The topological polar surface area (TPSA) is 162 Å².